The Bertz CT molecular complexity index is 508. The Hall–Kier alpha value is -1.28. The van der Waals surface area contributed by atoms with Gasteiger partial charge in [-0.15, -0.1) is 0 Å². The molecule has 0 saturated heterocycles. The van der Waals surface area contributed by atoms with Crippen LogP contribution in [0.25, 0.3) is 10.9 Å². The molecule has 0 aliphatic heterocycles. The summed E-state index contributed by atoms with van der Waals surface area (Å²) in [6.07, 6.45) is 6.14. The fourth-order valence-electron chi connectivity index (χ4n) is 2.69. The van der Waals surface area contributed by atoms with Gasteiger partial charge in [0.25, 0.3) is 0 Å². The molecule has 0 unspecified atom stereocenters. The third-order valence-electron chi connectivity index (χ3n) is 3.94. The quantitative estimate of drug-likeness (QED) is 0.818. The van der Waals surface area contributed by atoms with E-state index < -0.39 is 0 Å². The molecule has 0 bridgehead atoms. The molecule has 1 aromatic heterocycles. The Kier molecular flexibility index (Phi) is 2.25. The number of fused-ring (bicyclic) bond motifs is 1. The van der Waals surface area contributed by atoms with E-state index in [-0.39, 0.29) is 6.04 Å². The van der Waals surface area contributed by atoms with E-state index in [9.17, 15) is 0 Å². The molecule has 2 aromatic rings. The molecular weight excluding hydrogens is 196 g/mol. The topological polar surface area (TPSA) is 30.9 Å². The molecule has 0 spiro atoms. The number of aromatic nitrogens is 1. The molecule has 1 aliphatic rings. The van der Waals surface area contributed by atoms with Crippen LogP contribution in [0.4, 0.5) is 0 Å². The van der Waals surface area contributed by atoms with Crippen LogP contribution in [-0.4, -0.2) is 4.57 Å². The minimum absolute atomic E-state index is 0.222. The molecule has 1 aromatic carbocycles. The summed E-state index contributed by atoms with van der Waals surface area (Å²) in [5.41, 5.74) is 8.97. The first-order valence-electron chi connectivity index (χ1n) is 6.07. The van der Waals surface area contributed by atoms with Crippen molar-refractivity contribution in [1.29, 1.82) is 0 Å². The lowest BCUT2D eigenvalue weighted by atomic mass is 9.77. The van der Waals surface area contributed by atoms with Crippen LogP contribution < -0.4 is 5.73 Å². The van der Waals surface area contributed by atoms with Gasteiger partial charge in [-0.25, -0.2) is 0 Å². The SMILES string of the molecule is Cn1cc([C@H](N)C2CCC2)c2ccccc21. The molecule has 1 heterocycles. The van der Waals surface area contributed by atoms with Gasteiger partial charge in [0.05, 0.1) is 0 Å². The van der Waals surface area contributed by atoms with Crippen molar-refractivity contribution < 1.29 is 0 Å². The summed E-state index contributed by atoms with van der Waals surface area (Å²) in [6, 6.07) is 8.75. The Morgan fingerprint density at radius 2 is 2.06 bits per heavy atom. The Morgan fingerprint density at radius 1 is 1.31 bits per heavy atom. The highest BCUT2D eigenvalue weighted by Crippen LogP contribution is 2.38. The van der Waals surface area contributed by atoms with Crippen molar-refractivity contribution in [2.45, 2.75) is 25.3 Å². The van der Waals surface area contributed by atoms with Crippen molar-refractivity contribution in [2.75, 3.05) is 0 Å². The Balaban J connectivity index is 2.08. The zero-order valence-corrected chi connectivity index (χ0v) is 9.69. The summed E-state index contributed by atoms with van der Waals surface area (Å²) >= 11 is 0. The summed E-state index contributed by atoms with van der Waals surface area (Å²) < 4.78 is 2.18. The van der Waals surface area contributed by atoms with Crippen molar-refractivity contribution >= 4 is 10.9 Å². The molecule has 3 rings (SSSR count). The first-order valence-corrected chi connectivity index (χ1v) is 6.07. The van der Waals surface area contributed by atoms with Crippen LogP contribution in [0.2, 0.25) is 0 Å². The van der Waals surface area contributed by atoms with Crippen LogP contribution in [0.5, 0.6) is 0 Å². The number of aryl methyl sites for hydroxylation is 1. The van der Waals surface area contributed by atoms with Crippen LogP contribution in [0.15, 0.2) is 30.5 Å². The van der Waals surface area contributed by atoms with Gasteiger partial charge >= 0.3 is 0 Å². The van der Waals surface area contributed by atoms with E-state index in [1.54, 1.807) is 0 Å². The number of para-hydroxylation sites is 1. The van der Waals surface area contributed by atoms with Gasteiger partial charge in [0.2, 0.25) is 0 Å². The molecule has 1 saturated carbocycles. The summed E-state index contributed by atoms with van der Waals surface area (Å²) in [4.78, 5) is 0. The summed E-state index contributed by atoms with van der Waals surface area (Å²) in [6.45, 7) is 0. The van der Waals surface area contributed by atoms with Crippen LogP contribution >= 0.6 is 0 Å². The fourth-order valence-corrected chi connectivity index (χ4v) is 2.69. The summed E-state index contributed by atoms with van der Waals surface area (Å²) in [7, 11) is 2.10. The molecule has 1 aliphatic carbocycles. The predicted molar refractivity (Wildman–Crippen MR) is 67.2 cm³/mol. The first-order chi connectivity index (χ1) is 7.77. The highest BCUT2D eigenvalue weighted by Gasteiger charge is 2.27. The summed E-state index contributed by atoms with van der Waals surface area (Å²) in [5.74, 6) is 0.700. The van der Waals surface area contributed by atoms with Gasteiger partial charge in [-0.1, -0.05) is 24.6 Å². The second-order valence-electron chi connectivity index (χ2n) is 4.93. The standard InChI is InChI=1S/C14H18N2/c1-16-9-12(14(15)10-5-4-6-10)11-7-2-3-8-13(11)16/h2-3,7-10,14H,4-6,15H2,1H3/t14-/m1/s1. The Morgan fingerprint density at radius 3 is 2.75 bits per heavy atom. The van der Waals surface area contributed by atoms with Crippen LogP contribution in [0.1, 0.15) is 30.9 Å². The van der Waals surface area contributed by atoms with E-state index in [0.29, 0.717) is 5.92 Å². The van der Waals surface area contributed by atoms with Crippen LogP contribution in [0.3, 0.4) is 0 Å². The van der Waals surface area contributed by atoms with Crippen molar-refractivity contribution in [2.24, 2.45) is 18.7 Å². The number of hydrogen-bond acceptors (Lipinski definition) is 1. The zero-order chi connectivity index (χ0) is 11.1. The molecule has 0 amide bonds. The predicted octanol–water partition coefficient (Wildman–Crippen LogP) is 2.98. The highest BCUT2D eigenvalue weighted by molar-refractivity contribution is 5.84. The molecule has 1 fully saturated rings. The normalized spacial score (nSPS) is 18.6. The van der Waals surface area contributed by atoms with Crippen LogP contribution in [0, 0.1) is 5.92 Å². The third-order valence-corrected chi connectivity index (χ3v) is 3.94. The number of nitrogens with zero attached hydrogens (tertiary/aromatic N) is 1. The van der Waals surface area contributed by atoms with E-state index in [4.69, 9.17) is 5.73 Å². The Labute approximate surface area is 96.1 Å². The minimum atomic E-state index is 0.222. The van der Waals surface area contributed by atoms with Gasteiger partial charge in [0.1, 0.15) is 0 Å². The second kappa shape index (κ2) is 3.63. The number of benzene rings is 1. The number of hydrogen-bond donors (Lipinski definition) is 1. The monoisotopic (exact) mass is 214 g/mol. The minimum Gasteiger partial charge on any atom is -0.350 e. The molecule has 1 atom stereocenters. The second-order valence-corrected chi connectivity index (χ2v) is 4.93. The lowest BCUT2D eigenvalue weighted by molar-refractivity contribution is 0.265. The molecule has 84 valence electrons. The van der Waals surface area contributed by atoms with E-state index in [2.05, 4.69) is 42.1 Å². The van der Waals surface area contributed by atoms with Crippen molar-refractivity contribution in [1.82, 2.24) is 4.57 Å². The molecule has 2 nitrogen and oxygen atoms in total. The average molecular weight is 214 g/mol. The van der Waals surface area contributed by atoms with Crippen molar-refractivity contribution in [3.05, 3.63) is 36.0 Å². The molecular formula is C14H18N2. The fraction of sp³-hybridized carbons (Fsp3) is 0.429. The maximum absolute atomic E-state index is 6.37. The first kappa shape index (κ1) is 9.91. The van der Waals surface area contributed by atoms with E-state index in [1.807, 2.05) is 0 Å². The average Bonchev–Trinajstić information content (AvgIpc) is 2.55. The van der Waals surface area contributed by atoms with Crippen molar-refractivity contribution in [3.8, 4) is 0 Å². The van der Waals surface area contributed by atoms with Gasteiger partial charge in [-0.3, -0.25) is 0 Å². The maximum Gasteiger partial charge on any atom is 0.0481 e. The highest BCUT2D eigenvalue weighted by atomic mass is 14.9. The molecule has 2 N–H and O–H groups in total. The smallest absolute Gasteiger partial charge is 0.0481 e. The largest absolute Gasteiger partial charge is 0.350 e. The van der Waals surface area contributed by atoms with E-state index in [1.165, 1.54) is 35.7 Å². The lowest BCUT2D eigenvalue weighted by Gasteiger charge is -2.31. The summed E-state index contributed by atoms with van der Waals surface area (Å²) in [5, 5.41) is 1.32. The van der Waals surface area contributed by atoms with Gasteiger partial charge in [0.15, 0.2) is 0 Å². The van der Waals surface area contributed by atoms with E-state index in [0.717, 1.165) is 0 Å². The third kappa shape index (κ3) is 1.37. The number of rotatable bonds is 2. The molecule has 2 heteroatoms. The van der Waals surface area contributed by atoms with Crippen LogP contribution in [-0.2, 0) is 7.05 Å². The zero-order valence-electron chi connectivity index (χ0n) is 9.69. The number of nitrogens with two attached hydrogens (primary N) is 1. The van der Waals surface area contributed by atoms with Crippen molar-refractivity contribution in [3.63, 3.8) is 0 Å². The molecule has 16 heavy (non-hydrogen) atoms. The van der Waals surface area contributed by atoms with Gasteiger partial charge in [0, 0.05) is 30.2 Å². The lowest BCUT2D eigenvalue weighted by Crippen LogP contribution is -2.26. The van der Waals surface area contributed by atoms with Gasteiger partial charge in [-0.2, -0.15) is 0 Å². The molecule has 0 radical (unpaired) electrons. The van der Waals surface area contributed by atoms with E-state index >= 15 is 0 Å². The van der Waals surface area contributed by atoms with Gasteiger partial charge < -0.3 is 10.3 Å². The van der Waals surface area contributed by atoms with Gasteiger partial charge in [-0.05, 0) is 30.4 Å². The maximum atomic E-state index is 6.37.